The summed E-state index contributed by atoms with van der Waals surface area (Å²) < 4.78 is 5.24. The molecule has 2 aromatic carbocycles. The average Bonchev–Trinajstić information content (AvgIpc) is 3.14. The molecule has 0 bridgehead atoms. The number of hydrogen-bond donors (Lipinski definition) is 1. The number of aliphatic hydroxyl groups excluding tert-OH is 1. The van der Waals surface area contributed by atoms with Crippen molar-refractivity contribution in [3.8, 4) is 0 Å². The van der Waals surface area contributed by atoms with Crippen molar-refractivity contribution in [1.82, 2.24) is 4.98 Å². The van der Waals surface area contributed by atoms with Crippen LogP contribution in [0.4, 0.5) is 11.4 Å². The number of pyridine rings is 1. The first-order valence-corrected chi connectivity index (χ1v) is 11.0. The van der Waals surface area contributed by atoms with Crippen molar-refractivity contribution in [2.45, 2.75) is 26.0 Å². The fraction of sp³-hybridized carbons (Fsp3) is 0.154. The molecule has 0 radical (unpaired) electrons. The number of ether oxygens (including phenoxy) is 1. The smallest absolute Gasteiger partial charge is 0.338 e. The third-order valence-electron chi connectivity index (χ3n) is 5.47. The molecular weight excluding hydrogens is 466 g/mol. The lowest BCUT2D eigenvalue weighted by Gasteiger charge is -2.25. The van der Waals surface area contributed by atoms with E-state index in [-0.39, 0.29) is 34.2 Å². The van der Waals surface area contributed by atoms with Gasteiger partial charge in [0.25, 0.3) is 17.4 Å². The van der Waals surface area contributed by atoms with Crippen LogP contribution in [0, 0.1) is 10.1 Å². The Morgan fingerprint density at radius 1 is 1.06 bits per heavy atom. The van der Waals surface area contributed by atoms with Crippen LogP contribution in [0.15, 0.2) is 78.5 Å². The van der Waals surface area contributed by atoms with Crippen LogP contribution in [-0.2, 0) is 14.3 Å². The normalized spacial score (nSPS) is 16.9. The first-order chi connectivity index (χ1) is 17.2. The number of benzene rings is 2. The van der Waals surface area contributed by atoms with Crippen LogP contribution in [0.25, 0.3) is 5.76 Å². The molecule has 1 saturated heterocycles. The number of carbonyl (C=O) groups is 3. The lowest BCUT2D eigenvalue weighted by atomic mass is 9.98. The Hall–Kier alpha value is -4.86. The Morgan fingerprint density at radius 2 is 1.78 bits per heavy atom. The molecule has 1 aromatic heterocycles. The Bertz CT molecular complexity index is 1380. The van der Waals surface area contributed by atoms with Crippen LogP contribution >= 0.6 is 0 Å². The standard InChI is InChI=1S/C26H21N3O7/c1-15(2)36-26(33)17-6-5-7-19(14-17)28-22(20-8-3-4-13-27-20)21(24(31)25(28)32)23(30)16-9-11-18(12-10-16)29(34)35/h3-15,22,30H,1-2H3/b23-21+. The van der Waals surface area contributed by atoms with Gasteiger partial charge in [0.1, 0.15) is 11.8 Å². The first kappa shape index (κ1) is 24.3. The Kier molecular flexibility index (Phi) is 6.60. The highest BCUT2D eigenvalue weighted by molar-refractivity contribution is 6.51. The number of amides is 1. The number of hydrogen-bond acceptors (Lipinski definition) is 8. The summed E-state index contributed by atoms with van der Waals surface area (Å²) in [4.78, 5) is 54.7. The summed E-state index contributed by atoms with van der Waals surface area (Å²) in [5.74, 6) is -2.99. The maximum atomic E-state index is 13.2. The second-order valence-electron chi connectivity index (χ2n) is 8.23. The number of non-ortho nitro benzene ring substituents is 1. The third-order valence-corrected chi connectivity index (χ3v) is 5.47. The molecule has 1 N–H and O–H groups in total. The molecule has 10 heteroatoms. The number of nitro groups is 1. The summed E-state index contributed by atoms with van der Waals surface area (Å²) in [6, 6.07) is 14.8. The van der Waals surface area contributed by atoms with Gasteiger partial charge in [0.15, 0.2) is 0 Å². The molecule has 1 aliphatic heterocycles. The molecule has 1 aliphatic rings. The van der Waals surface area contributed by atoms with Gasteiger partial charge >= 0.3 is 5.97 Å². The molecule has 10 nitrogen and oxygen atoms in total. The minimum absolute atomic E-state index is 0.119. The van der Waals surface area contributed by atoms with E-state index in [1.165, 1.54) is 42.6 Å². The van der Waals surface area contributed by atoms with E-state index in [0.29, 0.717) is 5.69 Å². The molecule has 2 heterocycles. The van der Waals surface area contributed by atoms with Crippen LogP contribution in [0.3, 0.4) is 0 Å². The Labute approximate surface area is 205 Å². The number of ketones is 1. The summed E-state index contributed by atoms with van der Waals surface area (Å²) in [5, 5.41) is 22.1. The number of nitro benzene ring substituents is 1. The van der Waals surface area contributed by atoms with Gasteiger partial charge in [-0.25, -0.2) is 4.79 Å². The number of carbonyl (C=O) groups excluding carboxylic acids is 3. The SMILES string of the molecule is CC(C)OC(=O)c1cccc(N2C(=O)C(=O)/C(=C(/O)c3ccc([N+](=O)[O-])cc3)C2c2ccccn2)c1. The fourth-order valence-electron chi connectivity index (χ4n) is 3.88. The molecule has 182 valence electrons. The fourth-order valence-corrected chi connectivity index (χ4v) is 3.88. The third kappa shape index (κ3) is 4.56. The van der Waals surface area contributed by atoms with Gasteiger partial charge in [-0.05, 0) is 56.3 Å². The first-order valence-electron chi connectivity index (χ1n) is 11.0. The number of nitrogens with zero attached hydrogens (tertiary/aromatic N) is 3. The molecule has 1 fully saturated rings. The van der Waals surface area contributed by atoms with Gasteiger partial charge in [0.2, 0.25) is 0 Å². The van der Waals surface area contributed by atoms with Crippen molar-refractivity contribution < 1.29 is 29.2 Å². The largest absolute Gasteiger partial charge is 0.507 e. The van der Waals surface area contributed by atoms with E-state index in [1.807, 2.05) is 0 Å². The minimum atomic E-state index is -1.11. The quantitative estimate of drug-likeness (QED) is 0.136. The zero-order chi connectivity index (χ0) is 26.0. The van der Waals surface area contributed by atoms with Gasteiger partial charge in [-0.3, -0.25) is 29.6 Å². The summed E-state index contributed by atoms with van der Waals surface area (Å²) in [5.41, 5.74) is 0.400. The predicted octanol–water partition coefficient (Wildman–Crippen LogP) is 4.18. The van der Waals surface area contributed by atoms with E-state index in [4.69, 9.17) is 4.74 Å². The average molecular weight is 487 g/mol. The van der Waals surface area contributed by atoms with Crippen LogP contribution < -0.4 is 4.90 Å². The molecule has 0 aliphatic carbocycles. The Balaban J connectivity index is 1.86. The Morgan fingerprint density at radius 3 is 2.39 bits per heavy atom. The van der Waals surface area contributed by atoms with Gasteiger partial charge in [-0.15, -0.1) is 0 Å². The summed E-state index contributed by atoms with van der Waals surface area (Å²) in [6.45, 7) is 3.42. The highest BCUT2D eigenvalue weighted by atomic mass is 16.6. The molecule has 36 heavy (non-hydrogen) atoms. The highest BCUT2D eigenvalue weighted by Crippen LogP contribution is 2.41. The van der Waals surface area contributed by atoms with E-state index < -0.39 is 34.4 Å². The monoisotopic (exact) mass is 487 g/mol. The van der Waals surface area contributed by atoms with Gasteiger partial charge < -0.3 is 9.84 Å². The number of rotatable bonds is 6. The van der Waals surface area contributed by atoms with Gasteiger partial charge in [0.05, 0.1) is 27.9 Å². The second kappa shape index (κ2) is 9.79. The minimum Gasteiger partial charge on any atom is -0.507 e. The second-order valence-corrected chi connectivity index (χ2v) is 8.23. The van der Waals surface area contributed by atoms with Gasteiger partial charge in [-0.1, -0.05) is 12.1 Å². The van der Waals surface area contributed by atoms with E-state index >= 15 is 0 Å². The number of esters is 1. The van der Waals surface area contributed by atoms with E-state index in [1.54, 1.807) is 44.2 Å². The van der Waals surface area contributed by atoms with Crippen molar-refractivity contribution in [3.63, 3.8) is 0 Å². The van der Waals surface area contributed by atoms with Crippen LogP contribution in [0.1, 0.15) is 41.5 Å². The predicted molar refractivity (Wildman–Crippen MR) is 129 cm³/mol. The highest BCUT2D eigenvalue weighted by Gasteiger charge is 2.47. The molecule has 0 spiro atoms. The molecule has 4 rings (SSSR count). The zero-order valence-corrected chi connectivity index (χ0v) is 19.3. The van der Waals surface area contributed by atoms with E-state index in [0.717, 1.165) is 4.90 Å². The maximum absolute atomic E-state index is 13.2. The summed E-state index contributed by atoms with van der Waals surface area (Å²) >= 11 is 0. The number of aliphatic hydroxyl groups is 1. The van der Waals surface area contributed by atoms with Crippen LogP contribution in [0.2, 0.25) is 0 Å². The van der Waals surface area contributed by atoms with E-state index in [2.05, 4.69) is 4.98 Å². The number of anilines is 1. The molecule has 1 atom stereocenters. The molecule has 1 unspecified atom stereocenters. The van der Waals surface area contributed by atoms with Crippen molar-refractivity contribution in [2.24, 2.45) is 0 Å². The molecule has 0 saturated carbocycles. The lowest BCUT2D eigenvalue weighted by molar-refractivity contribution is -0.384. The van der Waals surface area contributed by atoms with Crippen LogP contribution in [0.5, 0.6) is 0 Å². The maximum Gasteiger partial charge on any atom is 0.338 e. The molecule has 1 amide bonds. The van der Waals surface area contributed by atoms with Crippen molar-refractivity contribution >= 4 is 34.8 Å². The topological polar surface area (TPSA) is 140 Å². The van der Waals surface area contributed by atoms with Crippen molar-refractivity contribution in [2.75, 3.05) is 4.90 Å². The number of aromatic nitrogens is 1. The van der Waals surface area contributed by atoms with E-state index in [9.17, 15) is 29.6 Å². The van der Waals surface area contributed by atoms with Crippen molar-refractivity contribution in [3.05, 3.63) is 105 Å². The lowest BCUT2D eigenvalue weighted by Crippen LogP contribution is -2.30. The van der Waals surface area contributed by atoms with Gasteiger partial charge in [-0.2, -0.15) is 0 Å². The van der Waals surface area contributed by atoms with Crippen LogP contribution in [-0.4, -0.2) is 38.8 Å². The number of Topliss-reactive ketones (excluding diaryl/α,β-unsaturated/α-hetero) is 1. The molecular formula is C26H21N3O7. The summed E-state index contributed by atoms with van der Waals surface area (Å²) in [7, 11) is 0. The summed E-state index contributed by atoms with van der Waals surface area (Å²) in [6.07, 6.45) is 1.13. The van der Waals surface area contributed by atoms with Crippen molar-refractivity contribution in [1.29, 1.82) is 0 Å². The molecule has 3 aromatic rings. The van der Waals surface area contributed by atoms with Gasteiger partial charge in [0, 0.05) is 29.6 Å². The zero-order valence-electron chi connectivity index (χ0n) is 19.3.